The molecule has 0 N–H and O–H groups in total. The molecule has 2 rings (SSSR count). The van der Waals surface area contributed by atoms with E-state index < -0.39 is 0 Å². The van der Waals surface area contributed by atoms with Crippen LogP contribution in [-0.2, 0) is 4.79 Å². The number of hydrogen-bond donors (Lipinski definition) is 0. The summed E-state index contributed by atoms with van der Waals surface area (Å²) < 4.78 is 0.731. The predicted molar refractivity (Wildman–Crippen MR) is 66.3 cm³/mol. The number of hydrogen-bond acceptors (Lipinski definition) is 3. The van der Waals surface area contributed by atoms with Crippen LogP contribution in [0.15, 0.2) is 16.7 Å². The Morgan fingerprint density at radius 1 is 1.62 bits per heavy atom. The van der Waals surface area contributed by atoms with Gasteiger partial charge in [-0.2, -0.15) is 5.26 Å². The molecular formula is C10H7Br2N3O. The molecule has 0 aromatic carbocycles. The van der Waals surface area contributed by atoms with Crippen LogP contribution in [0.2, 0.25) is 0 Å². The number of nitrogens with zero attached hydrogens (tertiary/aromatic N) is 3. The van der Waals surface area contributed by atoms with Crippen molar-refractivity contribution < 1.29 is 4.79 Å². The van der Waals surface area contributed by atoms with Crippen LogP contribution >= 0.6 is 31.9 Å². The molecule has 4 nitrogen and oxygen atoms in total. The lowest BCUT2D eigenvalue weighted by Crippen LogP contribution is -2.26. The summed E-state index contributed by atoms with van der Waals surface area (Å²) in [5.41, 5.74) is 0.407. The zero-order chi connectivity index (χ0) is 11.7. The second kappa shape index (κ2) is 4.52. The van der Waals surface area contributed by atoms with Crippen LogP contribution < -0.4 is 4.90 Å². The van der Waals surface area contributed by atoms with Crippen LogP contribution in [0.4, 0.5) is 5.82 Å². The zero-order valence-electron chi connectivity index (χ0n) is 8.15. The van der Waals surface area contributed by atoms with Gasteiger partial charge in [0.15, 0.2) is 5.82 Å². The number of alkyl halides is 1. The monoisotopic (exact) mass is 343 g/mol. The van der Waals surface area contributed by atoms with Gasteiger partial charge in [-0.1, -0.05) is 15.9 Å². The maximum atomic E-state index is 11.7. The minimum atomic E-state index is -0.00630. The largest absolute Gasteiger partial charge is 0.295 e. The van der Waals surface area contributed by atoms with Crippen molar-refractivity contribution in [2.24, 2.45) is 0 Å². The maximum Gasteiger partial charge on any atom is 0.229 e. The quantitative estimate of drug-likeness (QED) is 0.734. The van der Waals surface area contributed by atoms with Crippen LogP contribution in [0.3, 0.4) is 0 Å². The average molecular weight is 345 g/mol. The molecule has 82 valence electrons. The number of carbonyl (C=O) groups is 1. The average Bonchev–Trinajstić information content (AvgIpc) is 2.57. The number of halogens is 2. The van der Waals surface area contributed by atoms with Crippen molar-refractivity contribution >= 4 is 43.6 Å². The number of anilines is 1. The molecule has 1 aromatic rings. The van der Waals surface area contributed by atoms with Crippen molar-refractivity contribution in [3.8, 4) is 6.07 Å². The SMILES string of the molecule is N#Cc1cc(Br)cnc1N1CC(Br)CC1=O. The van der Waals surface area contributed by atoms with E-state index in [0.717, 1.165) is 4.47 Å². The van der Waals surface area contributed by atoms with E-state index in [9.17, 15) is 4.79 Å². The lowest BCUT2D eigenvalue weighted by molar-refractivity contribution is -0.117. The Labute approximate surface area is 110 Å². The lowest BCUT2D eigenvalue weighted by Gasteiger charge is -2.15. The van der Waals surface area contributed by atoms with E-state index in [1.54, 1.807) is 17.2 Å². The fourth-order valence-corrected chi connectivity index (χ4v) is 2.50. The molecule has 1 amide bonds. The first kappa shape index (κ1) is 11.6. The molecule has 1 unspecified atom stereocenters. The summed E-state index contributed by atoms with van der Waals surface area (Å²) in [6, 6.07) is 3.71. The van der Waals surface area contributed by atoms with Crippen molar-refractivity contribution in [3.05, 3.63) is 22.3 Å². The van der Waals surface area contributed by atoms with Gasteiger partial charge in [-0.25, -0.2) is 4.98 Å². The number of nitriles is 1. The fourth-order valence-electron chi connectivity index (χ4n) is 1.60. The van der Waals surface area contributed by atoms with Gasteiger partial charge in [0.05, 0.1) is 5.56 Å². The van der Waals surface area contributed by atoms with Crippen LogP contribution in [0.25, 0.3) is 0 Å². The van der Waals surface area contributed by atoms with E-state index in [0.29, 0.717) is 24.3 Å². The Hall–Kier alpha value is -0.930. The first-order chi connectivity index (χ1) is 7.61. The van der Waals surface area contributed by atoms with Crippen molar-refractivity contribution in [1.29, 1.82) is 5.26 Å². The number of carbonyl (C=O) groups excluding carboxylic acids is 1. The smallest absolute Gasteiger partial charge is 0.229 e. The molecule has 1 aliphatic heterocycles. The molecule has 1 atom stereocenters. The van der Waals surface area contributed by atoms with Gasteiger partial charge in [0.2, 0.25) is 5.91 Å². The fraction of sp³-hybridized carbons (Fsp3) is 0.300. The summed E-state index contributed by atoms with van der Waals surface area (Å²) in [5.74, 6) is 0.436. The molecule has 0 radical (unpaired) electrons. The highest BCUT2D eigenvalue weighted by Crippen LogP contribution is 2.27. The Morgan fingerprint density at radius 3 is 2.94 bits per heavy atom. The first-order valence-electron chi connectivity index (χ1n) is 4.62. The lowest BCUT2D eigenvalue weighted by atomic mass is 10.2. The molecule has 16 heavy (non-hydrogen) atoms. The molecule has 1 aromatic heterocycles. The van der Waals surface area contributed by atoms with Gasteiger partial charge in [0.1, 0.15) is 6.07 Å². The topological polar surface area (TPSA) is 57.0 Å². The van der Waals surface area contributed by atoms with Gasteiger partial charge in [-0.05, 0) is 22.0 Å². The minimum Gasteiger partial charge on any atom is -0.295 e. The normalized spacial score (nSPS) is 19.9. The summed E-state index contributed by atoms with van der Waals surface area (Å²) in [4.78, 5) is 17.5. The Bertz CT molecular complexity index is 483. The molecule has 0 bridgehead atoms. The molecule has 0 spiro atoms. The van der Waals surface area contributed by atoms with Crippen LogP contribution in [0, 0.1) is 11.3 Å². The third kappa shape index (κ3) is 2.11. The molecule has 0 saturated carbocycles. The summed E-state index contributed by atoms with van der Waals surface area (Å²) >= 11 is 6.64. The van der Waals surface area contributed by atoms with Crippen LogP contribution in [-0.4, -0.2) is 22.3 Å². The molecule has 1 fully saturated rings. The third-order valence-electron chi connectivity index (χ3n) is 2.29. The highest BCUT2D eigenvalue weighted by molar-refractivity contribution is 9.10. The van der Waals surface area contributed by atoms with Gasteiger partial charge in [0, 0.05) is 28.5 Å². The van der Waals surface area contributed by atoms with E-state index in [2.05, 4.69) is 36.8 Å². The highest BCUT2D eigenvalue weighted by Gasteiger charge is 2.31. The summed E-state index contributed by atoms with van der Waals surface area (Å²) in [6.45, 7) is 0.558. The van der Waals surface area contributed by atoms with Gasteiger partial charge in [-0.15, -0.1) is 0 Å². The zero-order valence-corrected chi connectivity index (χ0v) is 11.3. The van der Waals surface area contributed by atoms with Crippen LogP contribution in [0.1, 0.15) is 12.0 Å². The van der Waals surface area contributed by atoms with Gasteiger partial charge < -0.3 is 0 Å². The minimum absolute atomic E-state index is 0.00630. The van der Waals surface area contributed by atoms with E-state index in [1.165, 1.54) is 0 Å². The van der Waals surface area contributed by atoms with E-state index in [-0.39, 0.29) is 10.7 Å². The number of pyridine rings is 1. The second-order valence-electron chi connectivity index (χ2n) is 3.44. The molecular weight excluding hydrogens is 338 g/mol. The summed E-state index contributed by atoms with van der Waals surface area (Å²) in [5, 5.41) is 8.99. The van der Waals surface area contributed by atoms with Crippen molar-refractivity contribution in [1.82, 2.24) is 4.98 Å². The van der Waals surface area contributed by atoms with Crippen LogP contribution in [0.5, 0.6) is 0 Å². The van der Waals surface area contributed by atoms with E-state index >= 15 is 0 Å². The van der Waals surface area contributed by atoms with Gasteiger partial charge >= 0.3 is 0 Å². The molecule has 2 heterocycles. The third-order valence-corrected chi connectivity index (χ3v) is 3.33. The van der Waals surface area contributed by atoms with E-state index in [4.69, 9.17) is 5.26 Å². The van der Waals surface area contributed by atoms with Gasteiger partial charge in [-0.3, -0.25) is 9.69 Å². The predicted octanol–water partition coefficient (Wildman–Crippen LogP) is 2.22. The Morgan fingerprint density at radius 2 is 2.38 bits per heavy atom. The molecule has 1 aliphatic rings. The number of amides is 1. The van der Waals surface area contributed by atoms with E-state index in [1.807, 2.05) is 6.07 Å². The Balaban J connectivity index is 2.41. The molecule has 0 aliphatic carbocycles. The molecule has 6 heteroatoms. The van der Waals surface area contributed by atoms with Crippen molar-refractivity contribution in [3.63, 3.8) is 0 Å². The summed E-state index contributed by atoms with van der Waals surface area (Å²) in [6.07, 6.45) is 2.04. The molecule has 1 saturated heterocycles. The Kier molecular flexibility index (Phi) is 3.26. The number of aromatic nitrogens is 1. The number of rotatable bonds is 1. The summed E-state index contributed by atoms with van der Waals surface area (Å²) in [7, 11) is 0. The first-order valence-corrected chi connectivity index (χ1v) is 6.32. The maximum absolute atomic E-state index is 11.7. The van der Waals surface area contributed by atoms with Gasteiger partial charge in [0.25, 0.3) is 0 Å². The van der Waals surface area contributed by atoms with Crippen molar-refractivity contribution in [2.75, 3.05) is 11.4 Å². The van der Waals surface area contributed by atoms with Crippen molar-refractivity contribution in [2.45, 2.75) is 11.2 Å². The highest BCUT2D eigenvalue weighted by atomic mass is 79.9. The standard InChI is InChI=1S/C10H7Br2N3O/c11-7-1-6(3-13)10(14-4-7)15-5-8(12)2-9(15)16/h1,4,8H,2,5H2. The second-order valence-corrected chi connectivity index (χ2v) is 5.65.